The van der Waals surface area contributed by atoms with Crippen molar-refractivity contribution >= 4 is 35.3 Å². The number of para-hydroxylation sites is 1. The van der Waals surface area contributed by atoms with E-state index in [0.717, 1.165) is 17.1 Å². The van der Waals surface area contributed by atoms with Crippen LogP contribution in [0.25, 0.3) is 5.69 Å². The molecule has 5 rings (SSSR count). The number of nitrogens with zero attached hydrogens (tertiary/aromatic N) is 2. The Morgan fingerprint density at radius 1 is 0.978 bits per heavy atom. The predicted octanol–water partition coefficient (Wildman–Crippen LogP) is 6.85. The van der Waals surface area contributed by atoms with E-state index < -0.39 is 24.2 Å². The van der Waals surface area contributed by atoms with Gasteiger partial charge in [-0.25, -0.2) is 9.82 Å². The van der Waals surface area contributed by atoms with E-state index in [4.69, 9.17) is 30.2 Å². The van der Waals surface area contributed by atoms with Gasteiger partial charge in [-0.2, -0.15) is 5.10 Å². The lowest BCUT2D eigenvalue weighted by Crippen LogP contribution is -2.21. The van der Waals surface area contributed by atoms with Gasteiger partial charge in [0, 0.05) is 33.7 Å². The highest BCUT2D eigenvalue weighted by Crippen LogP contribution is 2.34. The highest BCUT2D eigenvalue weighted by atomic mass is 35.5. The number of rotatable bonds is 12. The van der Waals surface area contributed by atoms with Gasteiger partial charge in [0.2, 0.25) is 0 Å². The van der Waals surface area contributed by atoms with Crippen molar-refractivity contribution in [1.82, 2.24) is 9.99 Å². The Morgan fingerprint density at radius 2 is 1.72 bits per heavy atom. The Hall–Kier alpha value is -5.55. The summed E-state index contributed by atoms with van der Waals surface area (Å²) in [4.78, 5) is 25.1. The first kappa shape index (κ1) is 31.9. The first-order valence-corrected chi connectivity index (χ1v) is 14.4. The molecule has 0 unspecified atom stereocenters. The third-order valence-corrected chi connectivity index (χ3v) is 6.98. The number of ether oxygens (including phenoxy) is 3. The number of carbonyl (C=O) groups excluding carboxylic acids is 2. The molecule has 0 fully saturated rings. The number of anilines is 1. The molecular formula is C34H30ClFN4O6. The van der Waals surface area contributed by atoms with Crippen LogP contribution in [0.4, 0.5) is 10.1 Å². The lowest BCUT2D eigenvalue weighted by Gasteiger charge is -2.14. The maximum atomic E-state index is 13.9. The molecular weight excluding hydrogens is 615 g/mol. The number of benzene rings is 3. The van der Waals surface area contributed by atoms with E-state index in [9.17, 15) is 14.0 Å². The second-order valence-corrected chi connectivity index (χ2v) is 10.5. The molecule has 236 valence electrons. The Bertz CT molecular complexity index is 1860. The second-order valence-electron chi connectivity index (χ2n) is 10.0. The molecule has 3 aromatic carbocycles. The van der Waals surface area contributed by atoms with Crippen LogP contribution < -0.4 is 25.0 Å². The van der Waals surface area contributed by atoms with Crippen LogP contribution in [0.2, 0.25) is 5.02 Å². The summed E-state index contributed by atoms with van der Waals surface area (Å²) < 4.78 is 38.5. The van der Waals surface area contributed by atoms with Gasteiger partial charge in [-0.15, -0.1) is 0 Å². The van der Waals surface area contributed by atoms with E-state index in [0.29, 0.717) is 22.1 Å². The number of aryl methyl sites for hydroxylation is 2. The smallest absolute Gasteiger partial charge is 0.307 e. The van der Waals surface area contributed by atoms with Gasteiger partial charge in [-0.3, -0.25) is 9.59 Å². The molecule has 46 heavy (non-hydrogen) atoms. The van der Waals surface area contributed by atoms with Crippen LogP contribution in [0, 0.1) is 19.7 Å². The van der Waals surface area contributed by atoms with E-state index in [1.165, 1.54) is 49.7 Å². The monoisotopic (exact) mass is 644 g/mol. The van der Waals surface area contributed by atoms with Crippen LogP contribution >= 0.6 is 11.6 Å². The van der Waals surface area contributed by atoms with Gasteiger partial charge < -0.3 is 28.5 Å². The van der Waals surface area contributed by atoms with Crippen molar-refractivity contribution < 1.29 is 32.6 Å². The maximum absolute atomic E-state index is 13.9. The van der Waals surface area contributed by atoms with Crippen LogP contribution in [0.5, 0.6) is 17.2 Å². The van der Waals surface area contributed by atoms with Gasteiger partial charge in [-0.05, 0) is 80.6 Å². The van der Waals surface area contributed by atoms with E-state index in [2.05, 4.69) is 46.4 Å². The maximum Gasteiger partial charge on any atom is 0.307 e. The highest BCUT2D eigenvalue weighted by molar-refractivity contribution is 6.31. The van der Waals surface area contributed by atoms with Crippen molar-refractivity contribution in [1.29, 1.82) is 0 Å². The first-order chi connectivity index (χ1) is 22.2. The largest absolute Gasteiger partial charge is 0.493 e. The molecule has 12 heteroatoms. The molecule has 0 aliphatic carbocycles. The minimum atomic E-state index is -0.606. The predicted molar refractivity (Wildman–Crippen MR) is 172 cm³/mol. The number of aromatic nitrogens is 1. The minimum absolute atomic E-state index is 0.0174. The van der Waals surface area contributed by atoms with Crippen LogP contribution in [-0.2, 0) is 11.4 Å². The van der Waals surface area contributed by atoms with E-state index in [1.54, 1.807) is 12.1 Å². The Labute approximate surface area is 269 Å². The standard InChI is InChI=1S/C34H30ClFN4O6/c1-21-8-9-22(2)40(21)25-10-12-26(13-11-25)44-19-27-14-15-30(46-27)34(42)39-37-18-23-16-24(35)17-31(43-3)33(23)45-20-32(41)38-29-7-5-4-6-28(29)36/h4-18H,19-20H2,1-3H3,(H,38,41)(H,39,42). The molecule has 0 aliphatic heterocycles. The van der Waals surface area contributed by atoms with Gasteiger partial charge in [-0.1, -0.05) is 23.7 Å². The molecule has 2 heterocycles. The molecule has 0 saturated carbocycles. The molecule has 0 aliphatic rings. The zero-order valence-electron chi connectivity index (χ0n) is 25.2. The van der Waals surface area contributed by atoms with Crippen molar-refractivity contribution in [3.63, 3.8) is 0 Å². The van der Waals surface area contributed by atoms with E-state index in [1.807, 2.05) is 24.3 Å². The van der Waals surface area contributed by atoms with Crippen LogP contribution in [0.3, 0.4) is 0 Å². The molecule has 10 nitrogen and oxygen atoms in total. The summed E-state index contributed by atoms with van der Waals surface area (Å²) in [6, 6.07) is 23.7. The Kier molecular flexibility index (Phi) is 10.0. The van der Waals surface area contributed by atoms with Crippen molar-refractivity contribution in [2.24, 2.45) is 5.10 Å². The molecule has 0 atom stereocenters. The van der Waals surface area contributed by atoms with Crippen molar-refractivity contribution in [3.8, 4) is 22.9 Å². The summed E-state index contributed by atoms with van der Waals surface area (Å²) in [6.07, 6.45) is 1.28. The highest BCUT2D eigenvalue weighted by Gasteiger charge is 2.16. The minimum Gasteiger partial charge on any atom is -0.493 e. The molecule has 2 N–H and O–H groups in total. The number of hydrogen-bond donors (Lipinski definition) is 2. The number of halogens is 2. The number of amides is 2. The second kappa shape index (κ2) is 14.5. The molecule has 0 bridgehead atoms. The normalized spacial score (nSPS) is 11.0. The van der Waals surface area contributed by atoms with Gasteiger partial charge in [0.15, 0.2) is 23.9 Å². The Balaban J connectivity index is 1.17. The summed E-state index contributed by atoms with van der Waals surface area (Å²) in [5.74, 6) is -0.313. The molecule has 2 amide bonds. The van der Waals surface area contributed by atoms with Crippen molar-refractivity contribution in [3.05, 3.63) is 124 Å². The Morgan fingerprint density at radius 3 is 2.43 bits per heavy atom. The van der Waals surface area contributed by atoms with Gasteiger partial charge in [0.25, 0.3) is 5.91 Å². The third kappa shape index (κ3) is 7.74. The van der Waals surface area contributed by atoms with Gasteiger partial charge in [0.05, 0.1) is 19.0 Å². The summed E-state index contributed by atoms with van der Waals surface area (Å²) >= 11 is 6.21. The van der Waals surface area contributed by atoms with Crippen LogP contribution in [0.15, 0.2) is 94.4 Å². The fraction of sp³-hybridized carbons (Fsp3) is 0.147. The number of methoxy groups -OCH3 is 1. The van der Waals surface area contributed by atoms with Crippen LogP contribution in [-0.4, -0.2) is 36.3 Å². The number of carbonyl (C=O) groups is 2. The fourth-order valence-corrected chi connectivity index (χ4v) is 4.81. The summed E-state index contributed by atoms with van der Waals surface area (Å²) in [7, 11) is 1.40. The molecule has 5 aromatic rings. The molecule has 2 aromatic heterocycles. The quantitative estimate of drug-likeness (QED) is 0.113. The van der Waals surface area contributed by atoms with E-state index in [-0.39, 0.29) is 29.6 Å². The average Bonchev–Trinajstić information content (AvgIpc) is 3.66. The fourth-order valence-electron chi connectivity index (χ4n) is 4.59. The summed E-state index contributed by atoms with van der Waals surface area (Å²) in [5, 5.41) is 6.72. The molecule has 0 radical (unpaired) electrons. The lowest BCUT2D eigenvalue weighted by atomic mass is 10.2. The van der Waals surface area contributed by atoms with Crippen LogP contribution in [0.1, 0.15) is 33.3 Å². The number of hydrogen-bond acceptors (Lipinski definition) is 7. The average molecular weight is 645 g/mol. The summed E-state index contributed by atoms with van der Waals surface area (Å²) in [6.45, 7) is 3.75. The van der Waals surface area contributed by atoms with Crippen molar-refractivity contribution in [2.75, 3.05) is 19.0 Å². The molecule has 0 saturated heterocycles. The number of furan rings is 1. The summed E-state index contributed by atoms with van der Waals surface area (Å²) in [5.41, 5.74) is 6.02. The van der Waals surface area contributed by atoms with Gasteiger partial charge >= 0.3 is 5.91 Å². The van der Waals surface area contributed by atoms with Gasteiger partial charge in [0.1, 0.15) is 23.9 Å². The number of nitrogens with one attached hydrogen (secondary N) is 2. The van der Waals surface area contributed by atoms with Crippen molar-refractivity contribution in [2.45, 2.75) is 20.5 Å². The first-order valence-electron chi connectivity index (χ1n) is 14.1. The lowest BCUT2D eigenvalue weighted by molar-refractivity contribution is -0.118. The molecule has 0 spiro atoms. The topological polar surface area (TPSA) is 116 Å². The zero-order chi connectivity index (χ0) is 32.6. The zero-order valence-corrected chi connectivity index (χ0v) is 25.9. The number of hydrazone groups is 1. The third-order valence-electron chi connectivity index (χ3n) is 6.77. The SMILES string of the molecule is COc1cc(Cl)cc(C=NNC(=O)c2ccc(COc3ccc(-n4c(C)ccc4C)cc3)o2)c1OCC(=O)Nc1ccccc1F. The van der Waals surface area contributed by atoms with E-state index >= 15 is 0 Å².